The molecule has 4 rings (SSSR count). The number of hydrogen-bond acceptors (Lipinski definition) is 7. The van der Waals surface area contributed by atoms with Crippen molar-refractivity contribution in [1.29, 1.82) is 0 Å². The van der Waals surface area contributed by atoms with Crippen LogP contribution in [0.3, 0.4) is 0 Å². The third-order valence-electron chi connectivity index (χ3n) is 5.82. The summed E-state index contributed by atoms with van der Waals surface area (Å²) >= 11 is 0. The molecule has 0 bridgehead atoms. The first-order valence-electron chi connectivity index (χ1n) is 10.8. The number of aryl methyl sites for hydroxylation is 2. The summed E-state index contributed by atoms with van der Waals surface area (Å²) in [5, 5.41) is 15.3. The van der Waals surface area contributed by atoms with Crippen molar-refractivity contribution in [3.05, 3.63) is 82.8 Å². The molecular formula is C26H26N6O2. The zero-order chi connectivity index (χ0) is 24.2. The van der Waals surface area contributed by atoms with Gasteiger partial charge in [0.05, 0.1) is 23.8 Å². The Morgan fingerprint density at radius 3 is 2.76 bits per heavy atom. The zero-order valence-electron chi connectivity index (χ0n) is 19.0. The van der Waals surface area contributed by atoms with Crippen LogP contribution < -0.4 is 16.8 Å². The van der Waals surface area contributed by atoms with Crippen molar-refractivity contribution in [3.8, 4) is 5.75 Å². The summed E-state index contributed by atoms with van der Waals surface area (Å²) in [6.45, 7) is 4.70. The summed E-state index contributed by atoms with van der Waals surface area (Å²) in [5.74, 6) is 0.283. The quantitative estimate of drug-likeness (QED) is 0.260. The number of aromatic hydroxyl groups is 1. The van der Waals surface area contributed by atoms with Crippen LogP contribution in [-0.4, -0.2) is 27.2 Å². The number of aromatic nitrogens is 2. The van der Waals surface area contributed by atoms with E-state index < -0.39 is 0 Å². The summed E-state index contributed by atoms with van der Waals surface area (Å²) in [7, 11) is 0. The maximum Gasteiger partial charge on any atom is 0.254 e. The number of nitrogen functional groups attached to an aromatic ring is 1. The van der Waals surface area contributed by atoms with Crippen molar-refractivity contribution in [3.63, 3.8) is 0 Å². The Hall–Kier alpha value is -4.46. The monoisotopic (exact) mass is 454 g/mol. The lowest BCUT2D eigenvalue weighted by molar-refractivity contribution is -0.117. The van der Waals surface area contributed by atoms with Gasteiger partial charge in [0.2, 0.25) is 0 Å². The van der Waals surface area contributed by atoms with Crippen molar-refractivity contribution in [2.24, 2.45) is 10.7 Å². The van der Waals surface area contributed by atoms with Crippen molar-refractivity contribution < 1.29 is 9.90 Å². The van der Waals surface area contributed by atoms with Gasteiger partial charge in [-0.3, -0.25) is 14.8 Å². The Balaban J connectivity index is 1.44. The van der Waals surface area contributed by atoms with E-state index in [1.54, 1.807) is 12.3 Å². The Labute approximate surface area is 197 Å². The lowest BCUT2D eigenvalue weighted by Gasteiger charge is -2.15. The minimum atomic E-state index is -0.313. The van der Waals surface area contributed by atoms with Gasteiger partial charge in [0.25, 0.3) is 5.91 Å². The molecule has 34 heavy (non-hydrogen) atoms. The fraction of sp³-hybridized carbons (Fsp3) is 0.154. The number of nitrogens with two attached hydrogens (primary N) is 2. The summed E-state index contributed by atoms with van der Waals surface area (Å²) in [6.07, 6.45) is 5.80. The molecule has 6 N–H and O–H groups in total. The minimum Gasteiger partial charge on any atom is -0.506 e. The topological polar surface area (TPSA) is 140 Å². The van der Waals surface area contributed by atoms with Crippen molar-refractivity contribution in [1.82, 2.24) is 15.3 Å². The molecule has 0 spiro atoms. The second kappa shape index (κ2) is 9.58. The van der Waals surface area contributed by atoms with E-state index in [1.165, 1.54) is 18.6 Å². The molecule has 8 heteroatoms. The van der Waals surface area contributed by atoms with E-state index >= 15 is 0 Å². The molecule has 0 aliphatic carbocycles. The van der Waals surface area contributed by atoms with Gasteiger partial charge in [0, 0.05) is 35.9 Å². The van der Waals surface area contributed by atoms with Gasteiger partial charge in [-0.05, 0) is 71.8 Å². The molecule has 1 amide bonds. The van der Waals surface area contributed by atoms with Crippen molar-refractivity contribution >= 4 is 39.6 Å². The number of fused-ring (bicyclic) bond motifs is 2. The number of aliphatic imine (C=N–C) groups is 1. The van der Waals surface area contributed by atoms with Crippen LogP contribution in [0.15, 0.2) is 65.6 Å². The Morgan fingerprint density at radius 1 is 1.15 bits per heavy atom. The largest absolute Gasteiger partial charge is 0.506 e. The fourth-order valence-corrected chi connectivity index (χ4v) is 3.97. The molecule has 8 nitrogen and oxygen atoms in total. The first-order valence-corrected chi connectivity index (χ1v) is 10.8. The van der Waals surface area contributed by atoms with Crippen molar-refractivity contribution in [2.75, 3.05) is 5.73 Å². The smallest absolute Gasteiger partial charge is 0.254 e. The van der Waals surface area contributed by atoms with E-state index in [2.05, 4.69) is 20.3 Å². The molecule has 0 aliphatic rings. The van der Waals surface area contributed by atoms with Crippen LogP contribution in [0.5, 0.6) is 5.75 Å². The van der Waals surface area contributed by atoms with Crippen molar-refractivity contribution in [2.45, 2.75) is 26.9 Å². The summed E-state index contributed by atoms with van der Waals surface area (Å²) < 4.78 is 0. The first-order chi connectivity index (χ1) is 16.4. The number of pyridine rings is 2. The summed E-state index contributed by atoms with van der Waals surface area (Å²) in [5.41, 5.74) is 16.8. The third kappa shape index (κ3) is 4.66. The van der Waals surface area contributed by atoms with Crippen LogP contribution in [0.4, 0.5) is 5.82 Å². The molecule has 0 aliphatic heterocycles. The molecule has 2 aromatic carbocycles. The van der Waals surface area contributed by atoms with Gasteiger partial charge >= 0.3 is 0 Å². The van der Waals surface area contributed by atoms with E-state index in [0.717, 1.165) is 43.9 Å². The molecule has 0 saturated carbocycles. The summed E-state index contributed by atoms with van der Waals surface area (Å²) in [6, 6.07) is 11.2. The van der Waals surface area contributed by atoms with E-state index in [0.29, 0.717) is 18.9 Å². The highest BCUT2D eigenvalue weighted by atomic mass is 16.3. The van der Waals surface area contributed by atoms with Crippen LogP contribution >= 0.6 is 0 Å². The minimum absolute atomic E-state index is 0.107. The predicted molar refractivity (Wildman–Crippen MR) is 135 cm³/mol. The molecule has 2 heterocycles. The molecule has 172 valence electrons. The van der Waals surface area contributed by atoms with Gasteiger partial charge in [-0.25, -0.2) is 4.98 Å². The lowest BCUT2D eigenvalue weighted by Crippen LogP contribution is -2.26. The molecule has 4 aromatic rings. The number of benzene rings is 2. The average molecular weight is 455 g/mol. The van der Waals surface area contributed by atoms with Gasteiger partial charge in [0.1, 0.15) is 11.6 Å². The first kappa shape index (κ1) is 22.7. The normalized spacial score (nSPS) is 12.0. The Kier molecular flexibility index (Phi) is 6.40. The SMILES string of the molecule is Cc1cc2c(N)nccc2c(C)c1CNC(=O)/C(C=NCc1ccc2ncc(O)cc2c1)=C/N. The molecule has 2 aromatic heterocycles. The number of rotatable bonds is 6. The molecule has 0 atom stereocenters. The predicted octanol–water partition coefficient (Wildman–Crippen LogP) is 3.42. The third-order valence-corrected chi connectivity index (χ3v) is 5.82. The molecule has 0 unspecified atom stereocenters. The van der Waals surface area contributed by atoms with Gasteiger partial charge in [0.15, 0.2) is 0 Å². The number of anilines is 1. The van der Waals surface area contributed by atoms with E-state index in [-0.39, 0.29) is 17.2 Å². The fourth-order valence-electron chi connectivity index (χ4n) is 3.97. The number of hydrogen-bond donors (Lipinski definition) is 4. The Bertz CT molecular complexity index is 1460. The number of carbonyl (C=O) groups is 1. The van der Waals surface area contributed by atoms with Gasteiger partial charge in [-0.1, -0.05) is 6.07 Å². The van der Waals surface area contributed by atoms with Gasteiger partial charge in [-0.2, -0.15) is 0 Å². The number of amides is 1. The average Bonchev–Trinajstić information content (AvgIpc) is 2.82. The molecular weight excluding hydrogens is 428 g/mol. The maximum atomic E-state index is 12.7. The van der Waals surface area contributed by atoms with Crippen LogP contribution in [0.25, 0.3) is 21.7 Å². The maximum absolute atomic E-state index is 12.7. The Morgan fingerprint density at radius 2 is 1.97 bits per heavy atom. The molecule has 0 fully saturated rings. The van der Waals surface area contributed by atoms with Crippen LogP contribution in [0, 0.1) is 13.8 Å². The molecule has 0 saturated heterocycles. The van der Waals surface area contributed by atoms with Crippen LogP contribution in [-0.2, 0) is 17.9 Å². The highest BCUT2D eigenvalue weighted by molar-refractivity contribution is 6.12. The second-order valence-corrected chi connectivity index (χ2v) is 8.08. The molecule has 0 radical (unpaired) electrons. The second-order valence-electron chi connectivity index (χ2n) is 8.08. The highest BCUT2D eigenvalue weighted by Gasteiger charge is 2.12. The standard InChI is InChI=1S/C26H26N6O2/c1-15-7-22-21(5-6-30-25(22)28)16(2)23(15)14-32-26(34)19(10-27)12-29-11-17-3-4-24-18(8-17)9-20(33)13-31-24/h3-10,12-13,33H,11,14,27H2,1-2H3,(H2,28,30)(H,32,34)/b19-10+,29-12?. The summed E-state index contributed by atoms with van der Waals surface area (Å²) in [4.78, 5) is 25.4. The zero-order valence-corrected chi connectivity index (χ0v) is 19.0. The number of nitrogens with one attached hydrogen (secondary N) is 1. The van der Waals surface area contributed by atoms with Crippen LogP contribution in [0.1, 0.15) is 22.3 Å². The number of carbonyl (C=O) groups excluding carboxylic acids is 1. The van der Waals surface area contributed by atoms with Gasteiger partial charge < -0.3 is 21.9 Å². The van der Waals surface area contributed by atoms with Crippen LogP contribution in [0.2, 0.25) is 0 Å². The number of nitrogens with zero attached hydrogens (tertiary/aromatic N) is 3. The van der Waals surface area contributed by atoms with E-state index in [9.17, 15) is 9.90 Å². The highest BCUT2D eigenvalue weighted by Crippen LogP contribution is 2.27. The van der Waals surface area contributed by atoms with Gasteiger partial charge in [-0.15, -0.1) is 0 Å². The lowest BCUT2D eigenvalue weighted by atomic mass is 9.96. The van der Waals surface area contributed by atoms with E-state index in [4.69, 9.17) is 11.5 Å². The van der Waals surface area contributed by atoms with E-state index in [1.807, 2.05) is 44.2 Å².